The molecule has 2 rings (SSSR count). The van der Waals surface area contributed by atoms with Crippen LogP contribution < -0.4 is 11.1 Å². The lowest BCUT2D eigenvalue weighted by Gasteiger charge is -2.28. The first-order chi connectivity index (χ1) is 10.7. The topological polar surface area (TPSA) is 62.9 Å². The summed E-state index contributed by atoms with van der Waals surface area (Å²) < 4.78 is 5.19. The average molecular weight is 304 g/mol. The Morgan fingerprint density at radius 1 is 1.36 bits per heavy atom. The highest BCUT2D eigenvalue weighted by atomic mass is 16.5. The Hall–Kier alpha value is -1.59. The number of aliphatic imine (C=N–C) groups is 1. The largest absolute Gasteiger partial charge is 0.380 e. The molecule has 0 unspecified atom stereocenters. The Kier molecular flexibility index (Phi) is 6.68. The van der Waals surface area contributed by atoms with Crippen LogP contribution in [0.25, 0.3) is 0 Å². The van der Waals surface area contributed by atoms with E-state index in [1.54, 1.807) is 7.11 Å². The van der Waals surface area contributed by atoms with Gasteiger partial charge < -0.3 is 20.7 Å². The van der Waals surface area contributed by atoms with Crippen molar-refractivity contribution in [1.29, 1.82) is 0 Å². The molecule has 0 atom stereocenters. The van der Waals surface area contributed by atoms with Crippen LogP contribution in [0, 0.1) is 5.92 Å². The van der Waals surface area contributed by atoms with E-state index in [0.29, 0.717) is 12.6 Å². The Morgan fingerprint density at radius 3 is 2.82 bits per heavy atom. The van der Waals surface area contributed by atoms with E-state index < -0.39 is 0 Å². The summed E-state index contributed by atoms with van der Waals surface area (Å²) in [4.78, 5) is 6.85. The molecule has 1 fully saturated rings. The molecule has 0 bridgehead atoms. The lowest BCUT2D eigenvalue weighted by Crippen LogP contribution is -2.30. The average Bonchev–Trinajstić information content (AvgIpc) is 2.51. The quantitative estimate of drug-likeness (QED) is 0.625. The molecule has 22 heavy (non-hydrogen) atoms. The standard InChI is InChI=1S/C17H28N4O/c1-21-11-8-14(9-12-21)7-10-19-17(18)20-16-6-4-3-5-15(16)13-22-2/h3-6,14H,7-13H2,1-2H3,(H3,18,19,20). The number of ether oxygens (including phenoxy) is 1. The molecular formula is C17H28N4O. The minimum absolute atomic E-state index is 0.483. The Balaban J connectivity index is 1.80. The van der Waals surface area contributed by atoms with Gasteiger partial charge in [0, 0.05) is 24.9 Å². The van der Waals surface area contributed by atoms with Crippen LogP contribution in [0.5, 0.6) is 0 Å². The van der Waals surface area contributed by atoms with E-state index in [4.69, 9.17) is 10.5 Å². The van der Waals surface area contributed by atoms with Gasteiger partial charge >= 0.3 is 0 Å². The third kappa shape index (κ3) is 5.31. The predicted octanol–water partition coefficient (Wildman–Crippen LogP) is 2.29. The molecule has 0 aromatic heterocycles. The molecule has 0 amide bonds. The molecular weight excluding hydrogens is 276 g/mol. The van der Waals surface area contributed by atoms with E-state index in [9.17, 15) is 0 Å². The third-order valence-electron chi connectivity index (χ3n) is 4.24. The molecule has 1 aliphatic heterocycles. The van der Waals surface area contributed by atoms with Gasteiger partial charge in [-0.25, -0.2) is 0 Å². The molecule has 3 N–H and O–H groups in total. The molecule has 0 aliphatic carbocycles. The fraction of sp³-hybridized carbons (Fsp3) is 0.588. The number of anilines is 1. The van der Waals surface area contributed by atoms with Gasteiger partial charge in [-0.1, -0.05) is 18.2 Å². The van der Waals surface area contributed by atoms with Crippen LogP contribution >= 0.6 is 0 Å². The number of para-hydroxylation sites is 1. The van der Waals surface area contributed by atoms with Gasteiger partial charge in [-0.05, 0) is 51.4 Å². The number of methoxy groups -OCH3 is 1. The van der Waals surface area contributed by atoms with Crippen molar-refractivity contribution >= 4 is 11.6 Å². The van der Waals surface area contributed by atoms with Crippen LogP contribution in [0.3, 0.4) is 0 Å². The van der Waals surface area contributed by atoms with Crippen molar-refractivity contribution in [3.63, 3.8) is 0 Å². The molecule has 1 aromatic rings. The molecule has 1 aliphatic rings. The minimum atomic E-state index is 0.483. The molecule has 0 spiro atoms. The lowest BCUT2D eigenvalue weighted by atomic mass is 9.94. The SMILES string of the molecule is COCc1ccccc1NC(N)=NCCC1CCN(C)CC1. The van der Waals surface area contributed by atoms with Crippen molar-refractivity contribution in [2.24, 2.45) is 16.6 Å². The van der Waals surface area contributed by atoms with Gasteiger partial charge in [-0.15, -0.1) is 0 Å². The molecule has 1 aromatic carbocycles. The van der Waals surface area contributed by atoms with Crippen LogP contribution in [0.1, 0.15) is 24.8 Å². The van der Waals surface area contributed by atoms with Crippen molar-refractivity contribution in [2.45, 2.75) is 25.9 Å². The van der Waals surface area contributed by atoms with Gasteiger partial charge in [0.2, 0.25) is 0 Å². The Bertz CT molecular complexity index is 481. The number of hydrogen-bond acceptors (Lipinski definition) is 3. The monoisotopic (exact) mass is 304 g/mol. The van der Waals surface area contributed by atoms with Crippen molar-refractivity contribution in [1.82, 2.24) is 4.90 Å². The highest BCUT2D eigenvalue weighted by molar-refractivity contribution is 5.92. The second kappa shape index (κ2) is 8.76. The maximum absolute atomic E-state index is 6.00. The number of likely N-dealkylation sites (tertiary alicyclic amines) is 1. The molecule has 5 nitrogen and oxygen atoms in total. The highest BCUT2D eigenvalue weighted by Gasteiger charge is 2.15. The summed E-state index contributed by atoms with van der Waals surface area (Å²) in [6, 6.07) is 7.99. The van der Waals surface area contributed by atoms with E-state index in [1.807, 2.05) is 24.3 Å². The first-order valence-electron chi connectivity index (χ1n) is 8.01. The molecule has 1 saturated heterocycles. The predicted molar refractivity (Wildman–Crippen MR) is 92.1 cm³/mol. The number of benzene rings is 1. The van der Waals surface area contributed by atoms with Gasteiger partial charge in [-0.3, -0.25) is 4.99 Å². The van der Waals surface area contributed by atoms with E-state index in [1.165, 1.54) is 25.9 Å². The molecule has 122 valence electrons. The van der Waals surface area contributed by atoms with Crippen LogP contribution in [0.2, 0.25) is 0 Å². The molecule has 0 radical (unpaired) electrons. The lowest BCUT2D eigenvalue weighted by molar-refractivity contribution is 0.185. The second-order valence-corrected chi connectivity index (χ2v) is 6.02. The summed E-state index contributed by atoms with van der Waals surface area (Å²) in [7, 11) is 3.88. The summed E-state index contributed by atoms with van der Waals surface area (Å²) in [5.41, 5.74) is 8.04. The van der Waals surface area contributed by atoms with Crippen LogP contribution in [0.15, 0.2) is 29.3 Å². The van der Waals surface area contributed by atoms with Crippen LogP contribution in [-0.4, -0.2) is 44.7 Å². The number of hydrogen-bond donors (Lipinski definition) is 2. The first-order valence-corrected chi connectivity index (χ1v) is 8.01. The van der Waals surface area contributed by atoms with E-state index in [0.717, 1.165) is 30.1 Å². The number of piperidine rings is 1. The van der Waals surface area contributed by atoms with Crippen molar-refractivity contribution in [2.75, 3.05) is 39.1 Å². The Morgan fingerprint density at radius 2 is 2.09 bits per heavy atom. The highest BCUT2D eigenvalue weighted by Crippen LogP contribution is 2.19. The maximum Gasteiger partial charge on any atom is 0.193 e. The van der Waals surface area contributed by atoms with Crippen molar-refractivity contribution in [3.8, 4) is 0 Å². The van der Waals surface area contributed by atoms with E-state index in [-0.39, 0.29) is 0 Å². The van der Waals surface area contributed by atoms with Gasteiger partial charge in [0.05, 0.1) is 6.61 Å². The van der Waals surface area contributed by atoms with E-state index in [2.05, 4.69) is 22.3 Å². The fourth-order valence-corrected chi connectivity index (χ4v) is 2.82. The fourth-order valence-electron chi connectivity index (χ4n) is 2.82. The minimum Gasteiger partial charge on any atom is -0.380 e. The molecule has 5 heteroatoms. The molecule has 0 saturated carbocycles. The van der Waals surface area contributed by atoms with Gasteiger partial charge in [0.15, 0.2) is 5.96 Å². The number of nitrogens with zero attached hydrogens (tertiary/aromatic N) is 2. The Labute approximate surface area is 133 Å². The summed E-state index contributed by atoms with van der Waals surface area (Å²) in [5.74, 6) is 1.27. The van der Waals surface area contributed by atoms with Crippen LogP contribution in [0.4, 0.5) is 5.69 Å². The number of guanidine groups is 1. The van der Waals surface area contributed by atoms with Gasteiger partial charge in [-0.2, -0.15) is 0 Å². The zero-order valence-corrected chi connectivity index (χ0v) is 13.7. The maximum atomic E-state index is 6.00. The molecule has 1 heterocycles. The number of nitrogens with one attached hydrogen (secondary N) is 1. The van der Waals surface area contributed by atoms with Crippen molar-refractivity contribution in [3.05, 3.63) is 29.8 Å². The normalized spacial score (nSPS) is 17.6. The van der Waals surface area contributed by atoms with Gasteiger partial charge in [0.25, 0.3) is 0 Å². The zero-order valence-electron chi connectivity index (χ0n) is 13.7. The zero-order chi connectivity index (χ0) is 15.8. The number of nitrogens with two attached hydrogens (primary N) is 1. The summed E-state index contributed by atoms with van der Waals surface area (Å²) in [5, 5.41) is 3.18. The smallest absolute Gasteiger partial charge is 0.193 e. The second-order valence-electron chi connectivity index (χ2n) is 6.02. The third-order valence-corrected chi connectivity index (χ3v) is 4.24. The summed E-state index contributed by atoms with van der Waals surface area (Å²) >= 11 is 0. The van der Waals surface area contributed by atoms with Crippen molar-refractivity contribution < 1.29 is 4.74 Å². The number of rotatable bonds is 6. The van der Waals surface area contributed by atoms with E-state index >= 15 is 0 Å². The summed E-state index contributed by atoms with van der Waals surface area (Å²) in [6.07, 6.45) is 3.67. The van der Waals surface area contributed by atoms with Crippen LogP contribution in [-0.2, 0) is 11.3 Å². The summed E-state index contributed by atoms with van der Waals surface area (Å²) in [6.45, 7) is 3.75. The first kappa shape index (κ1) is 16.8. The van der Waals surface area contributed by atoms with Gasteiger partial charge in [0.1, 0.15) is 0 Å².